The quantitative estimate of drug-likeness (QED) is 0.167. The molecule has 0 radical (unpaired) electrons. The first-order valence-corrected chi connectivity index (χ1v) is 15.1. The van der Waals surface area contributed by atoms with Crippen LogP contribution < -0.4 is 0 Å². The third-order valence-electron chi connectivity index (χ3n) is 8.85. The van der Waals surface area contributed by atoms with Gasteiger partial charge in [-0.15, -0.1) is 0 Å². The second-order valence-electron chi connectivity index (χ2n) is 11.5. The summed E-state index contributed by atoms with van der Waals surface area (Å²) >= 11 is 0. The minimum Gasteiger partial charge on any atom is -0.468 e. The van der Waals surface area contributed by atoms with Crippen molar-refractivity contribution in [2.45, 2.75) is 44.4 Å². The Labute approximate surface area is 255 Å². The highest BCUT2D eigenvalue weighted by molar-refractivity contribution is 6.04. The Hall–Kier alpha value is -4.77. The molecule has 1 aliphatic rings. The van der Waals surface area contributed by atoms with Gasteiger partial charge in [0.25, 0.3) is 0 Å². The Bertz CT molecular complexity index is 1940. The van der Waals surface area contributed by atoms with Crippen molar-refractivity contribution in [1.82, 2.24) is 14.9 Å². The van der Waals surface area contributed by atoms with E-state index in [0.717, 1.165) is 84.2 Å². The number of aromatic amines is 1. The van der Waals surface area contributed by atoms with Crippen molar-refractivity contribution >= 4 is 21.8 Å². The molecule has 0 aliphatic carbocycles. The molecule has 6 nitrogen and oxygen atoms in total. The average Bonchev–Trinajstić information content (AvgIpc) is 3.81. The maximum atomic E-state index is 13.9. The largest absolute Gasteiger partial charge is 0.468 e. The number of halogens is 1. The van der Waals surface area contributed by atoms with Gasteiger partial charge in [-0.05, 0) is 103 Å². The van der Waals surface area contributed by atoms with Gasteiger partial charge in [-0.2, -0.15) is 5.26 Å². The van der Waals surface area contributed by atoms with Crippen LogP contribution in [0.1, 0.15) is 52.8 Å². The first-order valence-electron chi connectivity index (χ1n) is 15.1. The first-order chi connectivity index (χ1) is 21.6. The van der Waals surface area contributed by atoms with Crippen LogP contribution in [0.15, 0.2) is 102 Å². The number of furan rings is 1. The lowest BCUT2D eigenvalue weighted by Gasteiger charge is -2.32. The summed E-state index contributed by atoms with van der Waals surface area (Å²) < 4.78 is 26.2. The van der Waals surface area contributed by atoms with E-state index in [-0.39, 0.29) is 5.82 Å². The van der Waals surface area contributed by atoms with Gasteiger partial charge in [0.1, 0.15) is 17.2 Å². The normalized spacial score (nSPS) is 16.1. The SMILES string of the molecule is N#Cc1ccc2c(c1)COC2(CCCN(CCCc1c[nH]c2c1ccc1cccnc12)Cc1ccco1)c1ccc(F)cc1. The van der Waals surface area contributed by atoms with Gasteiger partial charge < -0.3 is 14.1 Å². The highest BCUT2D eigenvalue weighted by Gasteiger charge is 2.41. The lowest BCUT2D eigenvalue weighted by molar-refractivity contribution is -0.0148. The summed E-state index contributed by atoms with van der Waals surface area (Å²) in [5.74, 6) is 0.667. The van der Waals surface area contributed by atoms with Crippen molar-refractivity contribution in [3.05, 3.63) is 137 Å². The van der Waals surface area contributed by atoms with Crippen LogP contribution in [0, 0.1) is 17.1 Å². The van der Waals surface area contributed by atoms with Gasteiger partial charge in [-0.1, -0.05) is 36.4 Å². The molecule has 7 heteroatoms. The zero-order chi connectivity index (χ0) is 29.9. The van der Waals surface area contributed by atoms with Crippen LogP contribution in [0.2, 0.25) is 0 Å². The molecular formula is C37H33FN4O2. The van der Waals surface area contributed by atoms with Crippen LogP contribution in [-0.4, -0.2) is 28.0 Å². The Morgan fingerprint density at radius 3 is 2.73 bits per heavy atom. The van der Waals surface area contributed by atoms with E-state index >= 15 is 0 Å². The zero-order valence-corrected chi connectivity index (χ0v) is 24.4. The molecule has 1 unspecified atom stereocenters. The van der Waals surface area contributed by atoms with Crippen molar-refractivity contribution in [2.24, 2.45) is 0 Å². The maximum Gasteiger partial charge on any atom is 0.123 e. The zero-order valence-electron chi connectivity index (χ0n) is 24.4. The van der Waals surface area contributed by atoms with Gasteiger partial charge in [0.2, 0.25) is 0 Å². The molecule has 7 rings (SSSR count). The molecule has 1 atom stereocenters. The molecule has 1 N–H and O–H groups in total. The summed E-state index contributed by atoms with van der Waals surface area (Å²) in [6.07, 6.45) is 9.22. The topological polar surface area (TPSA) is 78.1 Å². The third kappa shape index (κ3) is 5.39. The second kappa shape index (κ2) is 12.1. The molecule has 44 heavy (non-hydrogen) atoms. The molecule has 3 aromatic carbocycles. The number of aryl methyl sites for hydroxylation is 1. The predicted octanol–water partition coefficient (Wildman–Crippen LogP) is 8.01. The van der Waals surface area contributed by atoms with E-state index in [1.807, 2.05) is 54.7 Å². The second-order valence-corrected chi connectivity index (χ2v) is 11.5. The molecule has 6 aromatic rings. The molecular weight excluding hydrogens is 551 g/mol. The predicted molar refractivity (Wildman–Crippen MR) is 168 cm³/mol. The number of rotatable bonds is 11. The van der Waals surface area contributed by atoms with Gasteiger partial charge >= 0.3 is 0 Å². The summed E-state index contributed by atoms with van der Waals surface area (Å²) in [6, 6.07) is 27.0. The fourth-order valence-electron chi connectivity index (χ4n) is 6.70. The van der Waals surface area contributed by atoms with E-state index in [1.165, 1.54) is 23.1 Å². The van der Waals surface area contributed by atoms with E-state index in [9.17, 15) is 9.65 Å². The third-order valence-corrected chi connectivity index (χ3v) is 8.85. The van der Waals surface area contributed by atoms with Crippen molar-refractivity contribution in [3.8, 4) is 6.07 Å². The van der Waals surface area contributed by atoms with E-state index in [2.05, 4.69) is 45.3 Å². The minimum atomic E-state index is -0.686. The van der Waals surface area contributed by atoms with Crippen LogP contribution in [0.25, 0.3) is 21.8 Å². The highest BCUT2D eigenvalue weighted by atomic mass is 19.1. The molecule has 0 saturated heterocycles. The van der Waals surface area contributed by atoms with Crippen molar-refractivity contribution in [2.75, 3.05) is 13.1 Å². The lowest BCUT2D eigenvalue weighted by Crippen LogP contribution is -2.31. The molecule has 0 saturated carbocycles. The number of nitriles is 1. The Kier molecular flexibility index (Phi) is 7.69. The fourth-order valence-corrected chi connectivity index (χ4v) is 6.70. The first kappa shape index (κ1) is 28.0. The molecule has 220 valence electrons. The summed E-state index contributed by atoms with van der Waals surface area (Å²) in [5.41, 5.74) is 6.33. The van der Waals surface area contributed by atoms with E-state index < -0.39 is 5.60 Å². The molecule has 0 spiro atoms. The Morgan fingerprint density at radius 1 is 1.00 bits per heavy atom. The van der Waals surface area contributed by atoms with Crippen LogP contribution in [0.5, 0.6) is 0 Å². The Morgan fingerprint density at radius 2 is 1.89 bits per heavy atom. The number of aromatic nitrogens is 2. The van der Waals surface area contributed by atoms with Gasteiger partial charge in [0.05, 0.1) is 42.1 Å². The summed E-state index contributed by atoms with van der Waals surface area (Å²) in [6.45, 7) is 2.91. The maximum absolute atomic E-state index is 13.9. The number of pyridine rings is 1. The number of hydrogen-bond donors (Lipinski definition) is 1. The Balaban J connectivity index is 1.08. The van der Waals surface area contributed by atoms with Crippen molar-refractivity contribution in [1.29, 1.82) is 5.26 Å². The van der Waals surface area contributed by atoms with E-state index in [0.29, 0.717) is 12.2 Å². The molecule has 0 amide bonds. The van der Waals surface area contributed by atoms with E-state index in [1.54, 1.807) is 6.26 Å². The number of fused-ring (bicyclic) bond motifs is 4. The van der Waals surface area contributed by atoms with Gasteiger partial charge in [0, 0.05) is 23.2 Å². The number of H-pyrrole nitrogens is 1. The average molecular weight is 585 g/mol. The standard InChI is InChI=1S/C37H33FN4O2/c38-31-12-10-30(11-13-31)37(34-15-8-26(22-39)21-29(34)25-44-37)16-4-19-42(24-32-7-3-20-43-32)18-2-6-28-23-41-36-33(28)14-9-27-5-1-17-40-35(27)36/h1,3,5,7-15,17,20-21,23,41H,2,4,6,16,18-19,24-25H2. The van der Waals surface area contributed by atoms with Gasteiger partial charge in [-0.25, -0.2) is 4.39 Å². The van der Waals surface area contributed by atoms with Crippen molar-refractivity contribution in [3.63, 3.8) is 0 Å². The fraction of sp³-hybridized carbons (Fsp3) is 0.243. The highest BCUT2D eigenvalue weighted by Crippen LogP contribution is 2.45. The smallest absolute Gasteiger partial charge is 0.123 e. The number of benzene rings is 3. The van der Waals surface area contributed by atoms with Crippen molar-refractivity contribution < 1.29 is 13.5 Å². The monoisotopic (exact) mass is 584 g/mol. The number of nitrogens with one attached hydrogen (secondary N) is 1. The lowest BCUT2D eigenvalue weighted by atomic mass is 9.81. The molecule has 3 aromatic heterocycles. The number of nitrogens with zero attached hydrogens (tertiary/aromatic N) is 3. The van der Waals surface area contributed by atoms with Crippen LogP contribution in [0.3, 0.4) is 0 Å². The minimum absolute atomic E-state index is 0.272. The number of ether oxygens (including phenoxy) is 1. The molecule has 4 heterocycles. The summed E-state index contributed by atoms with van der Waals surface area (Å²) in [4.78, 5) is 10.5. The van der Waals surface area contributed by atoms with Crippen LogP contribution in [-0.2, 0) is 29.9 Å². The molecule has 0 fully saturated rings. The number of hydrogen-bond acceptors (Lipinski definition) is 5. The van der Waals surface area contributed by atoms with Gasteiger partial charge in [-0.3, -0.25) is 9.88 Å². The summed E-state index contributed by atoms with van der Waals surface area (Å²) in [5, 5.41) is 11.8. The molecule has 1 aliphatic heterocycles. The van der Waals surface area contributed by atoms with Crippen LogP contribution in [0.4, 0.5) is 4.39 Å². The van der Waals surface area contributed by atoms with Gasteiger partial charge in [0.15, 0.2) is 0 Å². The van der Waals surface area contributed by atoms with Crippen LogP contribution >= 0.6 is 0 Å². The molecule has 0 bridgehead atoms. The summed E-state index contributed by atoms with van der Waals surface area (Å²) in [7, 11) is 0. The van der Waals surface area contributed by atoms with E-state index in [4.69, 9.17) is 9.15 Å².